The molecule has 0 fully saturated rings. The molecule has 6 heteroatoms. The number of benzene rings is 1. The number of carbonyl (C=O) groups is 1. The SMILES string of the molecule is Cc1cc(C(=O)N(C)c2ccc(C#N)cc2)cc(NN)n1. The molecule has 0 spiro atoms. The summed E-state index contributed by atoms with van der Waals surface area (Å²) >= 11 is 0. The van der Waals surface area contributed by atoms with Gasteiger partial charge >= 0.3 is 0 Å². The first-order valence-electron chi connectivity index (χ1n) is 6.28. The molecule has 0 aliphatic rings. The third-order valence-corrected chi connectivity index (χ3v) is 3.04. The van der Waals surface area contributed by atoms with Crippen molar-refractivity contribution in [1.29, 1.82) is 5.26 Å². The number of nitriles is 1. The summed E-state index contributed by atoms with van der Waals surface area (Å²) in [7, 11) is 1.68. The van der Waals surface area contributed by atoms with Crippen LogP contribution in [0.5, 0.6) is 0 Å². The molecule has 1 aromatic heterocycles. The summed E-state index contributed by atoms with van der Waals surface area (Å²) in [5.74, 6) is 5.60. The number of carbonyl (C=O) groups excluding carboxylic acids is 1. The van der Waals surface area contributed by atoms with Gasteiger partial charge in [-0.1, -0.05) is 0 Å². The fourth-order valence-electron chi connectivity index (χ4n) is 1.94. The topological polar surface area (TPSA) is 95.0 Å². The van der Waals surface area contributed by atoms with Gasteiger partial charge < -0.3 is 10.3 Å². The number of hydrazine groups is 1. The van der Waals surface area contributed by atoms with Gasteiger partial charge in [0, 0.05) is 24.0 Å². The van der Waals surface area contributed by atoms with Crippen LogP contribution in [0, 0.1) is 18.3 Å². The van der Waals surface area contributed by atoms with Crippen LogP contribution in [-0.4, -0.2) is 17.9 Å². The van der Waals surface area contributed by atoms with Crippen LogP contribution in [0.15, 0.2) is 36.4 Å². The van der Waals surface area contributed by atoms with E-state index in [1.54, 1.807) is 50.4 Å². The van der Waals surface area contributed by atoms with Gasteiger partial charge in [0.25, 0.3) is 5.91 Å². The summed E-state index contributed by atoms with van der Waals surface area (Å²) in [5.41, 5.74) is 4.88. The van der Waals surface area contributed by atoms with Crippen LogP contribution in [0.25, 0.3) is 0 Å². The first-order valence-corrected chi connectivity index (χ1v) is 6.28. The Morgan fingerprint density at radius 3 is 2.57 bits per heavy atom. The van der Waals surface area contributed by atoms with Gasteiger partial charge in [-0.05, 0) is 43.3 Å². The lowest BCUT2D eigenvalue weighted by atomic mass is 10.1. The number of nitrogens with zero attached hydrogens (tertiary/aromatic N) is 3. The van der Waals surface area contributed by atoms with E-state index in [4.69, 9.17) is 11.1 Å². The summed E-state index contributed by atoms with van der Waals surface area (Å²) in [6.07, 6.45) is 0. The Labute approximate surface area is 122 Å². The minimum atomic E-state index is -0.179. The minimum Gasteiger partial charge on any atom is -0.311 e. The van der Waals surface area contributed by atoms with Crippen LogP contribution in [0.4, 0.5) is 11.5 Å². The van der Waals surface area contributed by atoms with Crippen LogP contribution in [0.2, 0.25) is 0 Å². The zero-order valence-corrected chi connectivity index (χ0v) is 11.8. The highest BCUT2D eigenvalue weighted by molar-refractivity contribution is 6.06. The number of aromatic nitrogens is 1. The Kier molecular flexibility index (Phi) is 4.16. The van der Waals surface area contributed by atoms with E-state index in [-0.39, 0.29) is 5.91 Å². The van der Waals surface area contributed by atoms with Crippen molar-refractivity contribution in [1.82, 2.24) is 4.98 Å². The Hall–Kier alpha value is -2.91. The van der Waals surface area contributed by atoms with Gasteiger partial charge in [0.15, 0.2) is 0 Å². The van der Waals surface area contributed by atoms with Gasteiger partial charge in [0.2, 0.25) is 0 Å². The Morgan fingerprint density at radius 1 is 1.33 bits per heavy atom. The fraction of sp³-hybridized carbons (Fsp3) is 0.133. The van der Waals surface area contributed by atoms with Gasteiger partial charge in [0.1, 0.15) is 5.82 Å². The van der Waals surface area contributed by atoms with Crippen LogP contribution in [0.3, 0.4) is 0 Å². The zero-order chi connectivity index (χ0) is 15.4. The molecule has 0 saturated heterocycles. The van der Waals surface area contributed by atoms with Crippen LogP contribution < -0.4 is 16.2 Å². The average molecular weight is 281 g/mol. The summed E-state index contributed by atoms with van der Waals surface area (Å²) in [6, 6.07) is 12.1. The van der Waals surface area contributed by atoms with Crippen LogP contribution in [-0.2, 0) is 0 Å². The highest BCUT2D eigenvalue weighted by atomic mass is 16.2. The van der Waals surface area contributed by atoms with E-state index in [1.807, 2.05) is 6.07 Å². The number of nitrogens with one attached hydrogen (secondary N) is 1. The van der Waals surface area contributed by atoms with Crippen LogP contribution >= 0.6 is 0 Å². The summed E-state index contributed by atoms with van der Waals surface area (Å²) in [4.78, 5) is 18.1. The van der Waals surface area contributed by atoms with Crippen molar-refractivity contribution < 1.29 is 4.79 Å². The molecule has 2 aromatic rings. The van der Waals surface area contributed by atoms with E-state index in [0.717, 1.165) is 0 Å². The Morgan fingerprint density at radius 2 is 2.00 bits per heavy atom. The number of anilines is 2. The second kappa shape index (κ2) is 6.03. The third kappa shape index (κ3) is 3.16. The number of rotatable bonds is 3. The van der Waals surface area contributed by atoms with Gasteiger partial charge in [-0.15, -0.1) is 0 Å². The molecule has 2 rings (SSSR count). The molecule has 0 unspecified atom stereocenters. The fourth-order valence-corrected chi connectivity index (χ4v) is 1.94. The predicted octanol–water partition coefficient (Wildman–Crippen LogP) is 1.82. The lowest BCUT2D eigenvalue weighted by Crippen LogP contribution is -2.26. The molecule has 106 valence electrons. The molecule has 0 radical (unpaired) electrons. The van der Waals surface area contributed by atoms with Crippen molar-refractivity contribution in [3.63, 3.8) is 0 Å². The maximum Gasteiger partial charge on any atom is 0.258 e. The van der Waals surface area contributed by atoms with Gasteiger partial charge in [-0.25, -0.2) is 10.8 Å². The van der Waals surface area contributed by atoms with Gasteiger partial charge in [0.05, 0.1) is 11.6 Å². The first kappa shape index (κ1) is 14.5. The molecular formula is C15H15N5O. The molecule has 3 N–H and O–H groups in total. The van der Waals surface area contributed by atoms with E-state index < -0.39 is 0 Å². The standard InChI is InChI=1S/C15H15N5O/c1-10-7-12(8-14(18-10)19-17)15(21)20(2)13-5-3-11(9-16)4-6-13/h3-8H,17H2,1-2H3,(H,18,19). The molecule has 6 nitrogen and oxygen atoms in total. The number of nitrogens with two attached hydrogens (primary N) is 1. The van der Waals surface area contributed by atoms with Crippen molar-refractivity contribution in [2.45, 2.75) is 6.92 Å². The van der Waals surface area contributed by atoms with Crippen LogP contribution in [0.1, 0.15) is 21.6 Å². The number of nitrogen functional groups attached to an aromatic ring is 1. The van der Waals surface area contributed by atoms with Crippen molar-refractivity contribution in [3.8, 4) is 6.07 Å². The highest BCUT2D eigenvalue weighted by Crippen LogP contribution is 2.18. The third-order valence-electron chi connectivity index (χ3n) is 3.04. The zero-order valence-electron chi connectivity index (χ0n) is 11.8. The van der Waals surface area contributed by atoms with Crippen molar-refractivity contribution in [2.75, 3.05) is 17.4 Å². The molecular weight excluding hydrogens is 266 g/mol. The summed E-state index contributed by atoms with van der Waals surface area (Å²) in [5, 5.41) is 8.79. The first-order chi connectivity index (χ1) is 10.0. The maximum absolute atomic E-state index is 12.5. The Balaban J connectivity index is 2.30. The van der Waals surface area contributed by atoms with Gasteiger partial charge in [-0.2, -0.15) is 5.26 Å². The van der Waals surface area contributed by atoms with E-state index in [9.17, 15) is 4.79 Å². The normalized spacial score (nSPS) is 9.81. The molecule has 0 aliphatic heterocycles. The minimum absolute atomic E-state index is 0.179. The predicted molar refractivity (Wildman–Crippen MR) is 80.7 cm³/mol. The summed E-state index contributed by atoms with van der Waals surface area (Å²) in [6.45, 7) is 1.79. The smallest absolute Gasteiger partial charge is 0.258 e. The lowest BCUT2D eigenvalue weighted by Gasteiger charge is -2.18. The summed E-state index contributed by atoms with van der Waals surface area (Å²) < 4.78 is 0. The number of aryl methyl sites for hydroxylation is 1. The average Bonchev–Trinajstić information content (AvgIpc) is 2.52. The second-order valence-corrected chi connectivity index (χ2v) is 4.55. The number of amides is 1. The number of hydrogen-bond acceptors (Lipinski definition) is 5. The second-order valence-electron chi connectivity index (χ2n) is 4.55. The maximum atomic E-state index is 12.5. The monoisotopic (exact) mass is 281 g/mol. The van der Waals surface area contributed by atoms with Crippen molar-refractivity contribution >= 4 is 17.4 Å². The largest absolute Gasteiger partial charge is 0.311 e. The van der Waals surface area contributed by atoms with Crippen molar-refractivity contribution in [2.24, 2.45) is 5.84 Å². The molecule has 0 aliphatic carbocycles. The molecule has 1 heterocycles. The van der Waals surface area contributed by atoms with E-state index >= 15 is 0 Å². The molecule has 0 bridgehead atoms. The molecule has 1 amide bonds. The van der Waals surface area contributed by atoms with Gasteiger partial charge in [-0.3, -0.25) is 4.79 Å². The molecule has 1 aromatic carbocycles. The molecule has 0 atom stereocenters. The quantitative estimate of drug-likeness (QED) is 0.661. The van der Waals surface area contributed by atoms with E-state index in [0.29, 0.717) is 28.3 Å². The highest BCUT2D eigenvalue weighted by Gasteiger charge is 2.15. The molecule has 0 saturated carbocycles. The van der Waals surface area contributed by atoms with Crippen molar-refractivity contribution in [3.05, 3.63) is 53.2 Å². The Bertz CT molecular complexity index is 703. The van der Waals surface area contributed by atoms with E-state index in [1.165, 1.54) is 4.90 Å². The number of hydrogen-bond donors (Lipinski definition) is 2. The molecule has 21 heavy (non-hydrogen) atoms. The van der Waals surface area contributed by atoms with E-state index in [2.05, 4.69) is 10.4 Å². The number of pyridine rings is 1. The lowest BCUT2D eigenvalue weighted by molar-refractivity contribution is 0.0993.